The van der Waals surface area contributed by atoms with Gasteiger partial charge >= 0.3 is 11.9 Å². The number of aromatic nitrogens is 3. The van der Waals surface area contributed by atoms with Crippen LogP contribution in [0.15, 0.2) is 29.5 Å². The van der Waals surface area contributed by atoms with Crippen LogP contribution in [-0.2, 0) is 24.5 Å². The van der Waals surface area contributed by atoms with Gasteiger partial charge in [-0.25, -0.2) is 0 Å². The number of carboxylic acid groups (broad SMARTS) is 1. The molecule has 0 aromatic carbocycles. The van der Waals surface area contributed by atoms with Crippen molar-refractivity contribution in [2.24, 2.45) is 50.7 Å². The normalized spacial score (nSPS) is 36.9. The number of pyridine rings is 1. The molecule has 0 radical (unpaired) electrons. The molecule has 0 saturated heterocycles. The molecule has 1 N–H and O–H groups in total. The molecular formula is C42H56ClN3O5S. The van der Waals surface area contributed by atoms with Crippen LogP contribution in [0.3, 0.4) is 0 Å². The summed E-state index contributed by atoms with van der Waals surface area (Å²) in [5.41, 5.74) is 1.47. The number of Topliss-reactive ketones (excluding diaryl/α,β-unsaturated/α-hetero) is 1. The van der Waals surface area contributed by atoms with Crippen molar-refractivity contribution in [1.82, 2.24) is 15.2 Å². The predicted octanol–water partition coefficient (Wildman–Crippen LogP) is 9.90. The summed E-state index contributed by atoms with van der Waals surface area (Å²) in [7, 11) is 0. The van der Waals surface area contributed by atoms with Crippen molar-refractivity contribution in [3.05, 3.63) is 39.5 Å². The molecule has 4 unspecified atom stereocenters. The molecule has 5 aliphatic carbocycles. The van der Waals surface area contributed by atoms with E-state index in [1.807, 2.05) is 12.1 Å². The molecule has 52 heavy (non-hydrogen) atoms. The highest BCUT2D eigenvalue weighted by atomic mass is 35.5. The fourth-order valence-electron chi connectivity index (χ4n) is 12.7. The van der Waals surface area contributed by atoms with Gasteiger partial charge in [-0.3, -0.25) is 19.4 Å². The van der Waals surface area contributed by atoms with E-state index >= 15 is 0 Å². The number of halogens is 1. The van der Waals surface area contributed by atoms with E-state index in [1.165, 1.54) is 5.57 Å². The van der Waals surface area contributed by atoms with Gasteiger partial charge in [0, 0.05) is 18.0 Å². The van der Waals surface area contributed by atoms with Crippen LogP contribution < -0.4 is 0 Å². The van der Waals surface area contributed by atoms with Gasteiger partial charge in [0.25, 0.3) is 0 Å². The lowest BCUT2D eigenvalue weighted by molar-refractivity contribution is -0.232. The average molecular weight is 750 g/mol. The van der Waals surface area contributed by atoms with Crippen molar-refractivity contribution in [3.8, 4) is 10.7 Å². The zero-order chi connectivity index (χ0) is 37.8. The minimum Gasteiger partial charge on any atom is -0.481 e. The smallest absolute Gasteiger partial charge is 0.309 e. The van der Waals surface area contributed by atoms with E-state index in [2.05, 4.69) is 58.5 Å². The summed E-state index contributed by atoms with van der Waals surface area (Å²) in [6.45, 7) is 19.7. The molecular weight excluding hydrogens is 694 g/mol. The summed E-state index contributed by atoms with van der Waals surface area (Å²) in [5, 5.41) is 21.4. The molecule has 2 heterocycles. The molecule has 0 bridgehead atoms. The lowest BCUT2D eigenvalue weighted by atomic mass is 9.33. The standard InChI is InChI=1S/C42H56ClN3O5S/c1-23(2)32-27(47)20-42(35-46-45-34(52-35)26-12-10-24(43)22-44-26)19-18-40(8)25(33(32)42)11-13-29-39(7)16-15-30(51-31(48)21-37(3,4)36(49)50)38(5,6)28(39)14-17-41(29,40)9/h10,12,22-23,25,28-30H,11,13-21H2,1-9H3,(H,49,50)/t25-,28?,29-,30?,39?,40-,41?,42-/m1/s1. The van der Waals surface area contributed by atoms with Crippen LogP contribution >= 0.6 is 22.9 Å². The summed E-state index contributed by atoms with van der Waals surface area (Å²) in [5.74, 6) is 0.169. The minimum absolute atomic E-state index is 0.00855. The van der Waals surface area contributed by atoms with Crippen molar-refractivity contribution in [2.45, 2.75) is 138 Å². The number of esters is 1. The number of nitrogens with zero attached hydrogens (tertiary/aromatic N) is 3. The predicted molar refractivity (Wildman–Crippen MR) is 203 cm³/mol. The number of hydrogen-bond acceptors (Lipinski definition) is 8. The molecule has 2 aromatic heterocycles. The number of ketones is 1. The highest BCUT2D eigenvalue weighted by Gasteiger charge is 2.70. The number of ether oxygens (including phenoxy) is 1. The van der Waals surface area contributed by atoms with Crippen LogP contribution in [0.5, 0.6) is 0 Å². The number of rotatable bonds is 7. The lowest BCUT2D eigenvalue weighted by Crippen LogP contribution is -2.66. The number of aliphatic carboxylic acids is 1. The van der Waals surface area contributed by atoms with Crippen molar-refractivity contribution >= 4 is 40.7 Å². The summed E-state index contributed by atoms with van der Waals surface area (Å²) >= 11 is 7.72. The number of carboxylic acids is 1. The first-order valence-electron chi connectivity index (χ1n) is 19.4. The highest BCUT2D eigenvalue weighted by molar-refractivity contribution is 7.14. The molecule has 0 amide bonds. The number of carbonyl (C=O) groups is 3. The second-order valence-corrected chi connectivity index (χ2v) is 20.7. The second kappa shape index (κ2) is 12.4. The van der Waals surface area contributed by atoms with Crippen LogP contribution in [0, 0.1) is 50.7 Å². The summed E-state index contributed by atoms with van der Waals surface area (Å²) < 4.78 is 6.17. The Labute approximate surface area is 318 Å². The van der Waals surface area contributed by atoms with Gasteiger partial charge in [-0.05, 0) is 128 Å². The number of hydrogen-bond donors (Lipinski definition) is 1. The minimum atomic E-state index is -1.16. The third-order valence-corrected chi connectivity index (χ3v) is 17.0. The second-order valence-electron chi connectivity index (χ2n) is 19.3. The lowest BCUT2D eigenvalue weighted by Gasteiger charge is -2.72. The zero-order valence-electron chi connectivity index (χ0n) is 32.4. The van der Waals surface area contributed by atoms with Crippen molar-refractivity contribution in [1.29, 1.82) is 0 Å². The van der Waals surface area contributed by atoms with Gasteiger partial charge in [-0.1, -0.05) is 71.4 Å². The van der Waals surface area contributed by atoms with Gasteiger partial charge in [0.15, 0.2) is 10.8 Å². The van der Waals surface area contributed by atoms with Crippen LogP contribution in [0.2, 0.25) is 5.02 Å². The van der Waals surface area contributed by atoms with Crippen molar-refractivity contribution < 1.29 is 24.2 Å². The van der Waals surface area contributed by atoms with Crippen LogP contribution in [0.4, 0.5) is 0 Å². The number of fused-ring (bicyclic) bond motifs is 7. The summed E-state index contributed by atoms with van der Waals surface area (Å²) in [4.78, 5) is 43.5. The Morgan fingerprint density at radius 1 is 0.981 bits per heavy atom. The van der Waals surface area contributed by atoms with E-state index in [1.54, 1.807) is 31.4 Å². The van der Waals surface area contributed by atoms with Crippen LogP contribution in [-0.4, -0.2) is 44.1 Å². The molecule has 4 fully saturated rings. The van der Waals surface area contributed by atoms with E-state index in [-0.39, 0.29) is 51.8 Å². The Morgan fingerprint density at radius 2 is 1.71 bits per heavy atom. The maximum Gasteiger partial charge on any atom is 0.309 e. The van der Waals surface area contributed by atoms with Crippen LogP contribution in [0.1, 0.15) is 132 Å². The van der Waals surface area contributed by atoms with Crippen molar-refractivity contribution in [3.63, 3.8) is 0 Å². The first-order chi connectivity index (χ1) is 24.2. The average Bonchev–Trinajstić information content (AvgIpc) is 3.66. The summed E-state index contributed by atoms with van der Waals surface area (Å²) in [6.07, 6.45) is 9.74. The number of carbonyl (C=O) groups excluding carboxylic acids is 2. The third kappa shape index (κ3) is 5.39. The largest absolute Gasteiger partial charge is 0.481 e. The van der Waals surface area contributed by atoms with Gasteiger partial charge in [0.2, 0.25) is 0 Å². The fraction of sp³-hybridized carbons (Fsp3) is 0.714. The van der Waals surface area contributed by atoms with Crippen LogP contribution in [0.25, 0.3) is 10.7 Å². The Bertz CT molecular complexity index is 1830. The first-order valence-corrected chi connectivity index (χ1v) is 20.6. The van der Waals surface area contributed by atoms with E-state index in [0.717, 1.165) is 72.6 Å². The Kier molecular flexibility index (Phi) is 9.01. The topological polar surface area (TPSA) is 119 Å². The molecule has 0 aliphatic heterocycles. The maximum absolute atomic E-state index is 14.2. The molecule has 7 rings (SSSR count). The van der Waals surface area contributed by atoms with Crippen molar-refractivity contribution in [2.75, 3.05) is 0 Å². The Balaban J connectivity index is 1.20. The van der Waals surface area contributed by atoms with Gasteiger partial charge in [-0.15, -0.1) is 10.2 Å². The van der Waals surface area contributed by atoms with E-state index in [4.69, 9.17) is 21.4 Å². The molecule has 10 heteroatoms. The summed E-state index contributed by atoms with van der Waals surface area (Å²) in [6, 6.07) is 3.71. The first kappa shape index (κ1) is 37.7. The molecule has 8 nitrogen and oxygen atoms in total. The monoisotopic (exact) mass is 749 g/mol. The molecule has 0 spiro atoms. The van der Waals surface area contributed by atoms with Gasteiger partial charge in [-0.2, -0.15) is 0 Å². The van der Waals surface area contributed by atoms with E-state index in [9.17, 15) is 19.5 Å². The van der Waals surface area contributed by atoms with Gasteiger partial charge in [0.05, 0.1) is 22.3 Å². The molecule has 5 aliphatic rings. The fourth-order valence-corrected chi connectivity index (χ4v) is 13.9. The zero-order valence-corrected chi connectivity index (χ0v) is 34.0. The molecule has 282 valence electrons. The van der Waals surface area contributed by atoms with Gasteiger partial charge < -0.3 is 9.84 Å². The number of allylic oxidation sites excluding steroid dienone is 2. The van der Waals surface area contributed by atoms with Gasteiger partial charge in [0.1, 0.15) is 16.8 Å². The molecule has 8 atom stereocenters. The molecule has 4 saturated carbocycles. The highest BCUT2D eigenvalue weighted by Crippen LogP contribution is 2.77. The maximum atomic E-state index is 14.2. The Hall–Kier alpha value is -2.65. The molecule has 2 aromatic rings. The van der Waals surface area contributed by atoms with E-state index < -0.39 is 22.8 Å². The third-order valence-electron chi connectivity index (χ3n) is 15.6. The van der Waals surface area contributed by atoms with E-state index in [0.29, 0.717) is 23.3 Å². The quantitative estimate of drug-likeness (QED) is 0.278. The Morgan fingerprint density at radius 3 is 2.37 bits per heavy atom. The SMILES string of the molecule is CC(C)C1=C2[C@H]3CC[C@@H]4C5(C)CCC(OC(=O)CC(C)(C)C(=O)O)C(C)(C)C5CCC4(C)[C@]3(C)CC[C@@]2(c2nnc(-c3ccc(Cl)cn3)s2)CC1=O.